The molecule has 1 aromatic heterocycles. The van der Waals surface area contributed by atoms with Crippen LogP contribution in [-0.4, -0.2) is 24.2 Å². The summed E-state index contributed by atoms with van der Waals surface area (Å²) in [6.07, 6.45) is 1.17. The molecule has 1 aromatic carbocycles. The van der Waals surface area contributed by atoms with Gasteiger partial charge < -0.3 is 4.57 Å². The van der Waals surface area contributed by atoms with Crippen LogP contribution >= 0.6 is 0 Å². The summed E-state index contributed by atoms with van der Waals surface area (Å²) >= 11 is 0. The molecule has 5 heteroatoms. The van der Waals surface area contributed by atoms with Crippen molar-refractivity contribution in [3.8, 4) is 0 Å². The van der Waals surface area contributed by atoms with E-state index in [1.807, 2.05) is 26.0 Å². The van der Waals surface area contributed by atoms with Crippen molar-refractivity contribution in [1.82, 2.24) is 9.55 Å². The third kappa shape index (κ3) is 1.61. The summed E-state index contributed by atoms with van der Waals surface area (Å²) < 4.78 is 24.6. The number of aromatic nitrogens is 2. The van der Waals surface area contributed by atoms with E-state index in [2.05, 4.69) is 4.98 Å². The summed E-state index contributed by atoms with van der Waals surface area (Å²) in [5, 5.41) is 0.118. The van der Waals surface area contributed by atoms with Gasteiger partial charge in [0.2, 0.25) is 15.0 Å². The van der Waals surface area contributed by atoms with Gasteiger partial charge in [-0.15, -0.1) is 0 Å². The maximum absolute atomic E-state index is 11.5. The zero-order valence-corrected chi connectivity index (χ0v) is 10.6. The van der Waals surface area contributed by atoms with Crippen LogP contribution in [0.25, 0.3) is 11.0 Å². The molecule has 0 saturated carbocycles. The van der Waals surface area contributed by atoms with E-state index in [0.29, 0.717) is 0 Å². The highest BCUT2D eigenvalue weighted by Gasteiger charge is 2.17. The van der Waals surface area contributed by atoms with Crippen molar-refractivity contribution in [3.05, 3.63) is 23.3 Å². The minimum atomic E-state index is -3.27. The Morgan fingerprint density at radius 2 is 1.75 bits per heavy atom. The molecule has 0 aliphatic heterocycles. The van der Waals surface area contributed by atoms with Gasteiger partial charge in [0.15, 0.2) is 0 Å². The lowest BCUT2D eigenvalue weighted by Crippen LogP contribution is -2.05. The Labute approximate surface area is 94.8 Å². The number of sulfone groups is 1. The second-order valence-corrected chi connectivity index (χ2v) is 6.06. The SMILES string of the molecule is Cc1cc2nc(S(C)(=O)=O)n(C)c2cc1C. The molecule has 0 bridgehead atoms. The van der Waals surface area contributed by atoms with Gasteiger partial charge in [0.05, 0.1) is 11.0 Å². The predicted molar refractivity (Wildman–Crippen MR) is 63.3 cm³/mol. The van der Waals surface area contributed by atoms with Gasteiger partial charge in [-0.2, -0.15) is 0 Å². The second-order valence-electron chi connectivity index (χ2n) is 4.15. The first-order valence-corrected chi connectivity index (χ1v) is 6.83. The van der Waals surface area contributed by atoms with E-state index in [9.17, 15) is 8.42 Å². The van der Waals surface area contributed by atoms with Gasteiger partial charge in [-0.05, 0) is 37.1 Å². The minimum absolute atomic E-state index is 0.118. The highest BCUT2D eigenvalue weighted by molar-refractivity contribution is 7.90. The molecule has 0 amide bonds. The number of rotatable bonds is 1. The average Bonchev–Trinajstić information content (AvgIpc) is 2.45. The molecule has 0 atom stereocenters. The van der Waals surface area contributed by atoms with Crippen molar-refractivity contribution in [3.63, 3.8) is 0 Å². The lowest BCUT2D eigenvalue weighted by molar-refractivity contribution is 0.587. The van der Waals surface area contributed by atoms with Crippen LogP contribution in [0.3, 0.4) is 0 Å². The minimum Gasteiger partial charge on any atom is -0.318 e. The molecule has 2 rings (SSSR count). The van der Waals surface area contributed by atoms with E-state index < -0.39 is 9.84 Å². The molecular weight excluding hydrogens is 224 g/mol. The Kier molecular flexibility index (Phi) is 2.31. The Morgan fingerprint density at radius 3 is 2.31 bits per heavy atom. The van der Waals surface area contributed by atoms with Crippen molar-refractivity contribution in [2.75, 3.05) is 6.26 Å². The van der Waals surface area contributed by atoms with Crippen molar-refractivity contribution >= 4 is 20.9 Å². The van der Waals surface area contributed by atoms with Crippen molar-refractivity contribution in [2.24, 2.45) is 7.05 Å². The van der Waals surface area contributed by atoms with Crippen LogP contribution in [0.15, 0.2) is 17.3 Å². The summed E-state index contributed by atoms with van der Waals surface area (Å²) in [7, 11) is -1.55. The second kappa shape index (κ2) is 3.31. The van der Waals surface area contributed by atoms with Crippen LogP contribution < -0.4 is 0 Å². The molecule has 0 saturated heterocycles. The lowest BCUT2D eigenvalue weighted by Gasteiger charge is -2.01. The van der Waals surface area contributed by atoms with Crippen LogP contribution in [0, 0.1) is 13.8 Å². The largest absolute Gasteiger partial charge is 0.318 e. The van der Waals surface area contributed by atoms with E-state index in [1.54, 1.807) is 11.6 Å². The van der Waals surface area contributed by atoms with Gasteiger partial charge in [-0.1, -0.05) is 0 Å². The smallest absolute Gasteiger partial charge is 0.228 e. The first kappa shape index (κ1) is 11.1. The molecule has 2 aromatic rings. The maximum Gasteiger partial charge on any atom is 0.228 e. The van der Waals surface area contributed by atoms with Gasteiger partial charge in [0.25, 0.3) is 0 Å². The van der Waals surface area contributed by atoms with Crippen molar-refractivity contribution < 1.29 is 8.42 Å². The maximum atomic E-state index is 11.5. The Morgan fingerprint density at radius 1 is 1.19 bits per heavy atom. The van der Waals surface area contributed by atoms with Gasteiger partial charge in [-0.3, -0.25) is 0 Å². The Hall–Kier alpha value is -1.36. The molecule has 1 heterocycles. The van der Waals surface area contributed by atoms with Gasteiger partial charge in [0, 0.05) is 13.3 Å². The van der Waals surface area contributed by atoms with E-state index >= 15 is 0 Å². The first-order valence-electron chi connectivity index (χ1n) is 4.94. The van der Waals surface area contributed by atoms with Crippen LogP contribution in [0.5, 0.6) is 0 Å². The third-order valence-electron chi connectivity index (χ3n) is 2.79. The number of hydrogen-bond donors (Lipinski definition) is 0. The molecule has 0 spiro atoms. The van der Waals surface area contributed by atoms with E-state index in [-0.39, 0.29) is 5.16 Å². The molecular formula is C11H14N2O2S. The van der Waals surface area contributed by atoms with Crippen LogP contribution in [0.4, 0.5) is 0 Å². The van der Waals surface area contributed by atoms with E-state index in [1.165, 1.54) is 6.26 Å². The third-order valence-corrected chi connectivity index (χ3v) is 3.82. The quantitative estimate of drug-likeness (QED) is 0.758. The molecule has 4 nitrogen and oxygen atoms in total. The van der Waals surface area contributed by atoms with Crippen molar-refractivity contribution in [1.29, 1.82) is 0 Å². The molecule has 0 radical (unpaired) electrons. The normalized spacial score (nSPS) is 12.2. The number of imidazole rings is 1. The van der Waals surface area contributed by atoms with Crippen LogP contribution in [0.1, 0.15) is 11.1 Å². The van der Waals surface area contributed by atoms with Crippen LogP contribution in [0.2, 0.25) is 0 Å². The molecule has 0 unspecified atom stereocenters. The lowest BCUT2D eigenvalue weighted by atomic mass is 10.1. The predicted octanol–water partition coefficient (Wildman–Crippen LogP) is 1.59. The van der Waals surface area contributed by atoms with E-state index in [0.717, 1.165) is 22.2 Å². The fraction of sp³-hybridized carbons (Fsp3) is 0.364. The summed E-state index contributed by atoms with van der Waals surface area (Å²) in [5.41, 5.74) is 3.83. The van der Waals surface area contributed by atoms with Gasteiger partial charge in [-0.25, -0.2) is 13.4 Å². The first-order chi connectivity index (χ1) is 7.30. The Balaban J connectivity index is 2.89. The number of fused-ring (bicyclic) bond motifs is 1. The van der Waals surface area contributed by atoms with E-state index in [4.69, 9.17) is 0 Å². The Bertz CT molecular complexity index is 669. The molecule has 0 N–H and O–H groups in total. The summed E-state index contributed by atoms with van der Waals surface area (Å²) in [4.78, 5) is 4.16. The molecule has 86 valence electrons. The highest BCUT2D eigenvalue weighted by Crippen LogP contribution is 2.21. The molecule has 16 heavy (non-hydrogen) atoms. The fourth-order valence-electron chi connectivity index (χ4n) is 1.76. The monoisotopic (exact) mass is 238 g/mol. The number of nitrogens with zero attached hydrogens (tertiary/aromatic N) is 2. The standard InChI is InChI=1S/C11H14N2O2S/c1-7-5-9-10(6-8(7)2)13(3)11(12-9)16(4,14)15/h5-6H,1-4H3. The van der Waals surface area contributed by atoms with Crippen molar-refractivity contribution in [2.45, 2.75) is 19.0 Å². The van der Waals surface area contributed by atoms with Crippen LogP contribution in [-0.2, 0) is 16.9 Å². The summed E-state index contributed by atoms with van der Waals surface area (Å²) in [6, 6.07) is 3.88. The molecule has 0 aliphatic carbocycles. The average molecular weight is 238 g/mol. The molecule has 0 aliphatic rings. The highest BCUT2D eigenvalue weighted by atomic mass is 32.2. The topological polar surface area (TPSA) is 52.0 Å². The zero-order valence-electron chi connectivity index (χ0n) is 9.77. The zero-order chi connectivity index (χ0) is 12.1. The summed E-state index contributed by atoms with van der Waals surface area (Å²) in [6.45, 7) is 3.99. The van der Waals surface area contributed by atoms with Gasteiger partial charge >= 0.3 is 0 Å². The molecule has 0 fully saturated rings. The number of aryl methyl sites for hydroxylation is 3. The number of benzene rings is 1. The number of hydrogen-bond acceptors (Lipinski definition) is 3. The fourth-order valence-corrected chi connectivity index (χ4v) is 2.62. The summed E-state index contributed by atoms with van der Waals surface area (Å²) in [5.74, 6) is 0. The van der Waals surface area contributed by atoms with Gasteiger partial charge in [0.1, 0.15) is 0 Å².